The van der Waals surface area contributed by atoms with Crippen LogP contribution in [0.1, 0.15) is 0 Å². The average Bonchev–Trinajstić information content (AvgIpc) is 2.14. The smallest absolute Gasteiger partial charge is 0.313 e. The lowest BCUT2D eigenvalue weighted by Crippen LogP contribution is -2.13. The van der Waals surface area contributed by atoms with Crippen LogP contribution in [-0.4, -0.2) is 28.3 Å². The molecule has 60 valence electrons. The van der Waals surface area contributed by atoms with Crippen LogP contribution in [0.3, 0.4) is 0 Å². The van der Waals surface area contributed by atoms with Crippen molar-refractivity contribution >= 4 is 7.67 Å². The molecular formula is C6H9N2O2P. The van der Waals surface area contributed by atoms with Crippen LogP contribution in [-0.2, 0) is 4.57 Å². The second-order valence-electron chi connectivity index (χ2n) is 2.27. The standard InChI is InChI=1S/C6H9N2O2P/c1-4-6-5-7(2)11(9,10)8(6)3/h1,5H,2-3H3,(H,9,10). The molecule has 0 saturated heterocycles. The number of hydrogen-bond donors (Lipinski definition) is 1. The van der Waals surface area contributed by atoms with Crippen LogP contribution in [0.5, 0.6) is 0 Å². The lowest BCUT2D eigenvalue weighted by Gasteiger charge is -2.21. The molecule has 4 nitrogen and oxygen atoms in total. The molecule has 0 saturated carbocycles. The highest BCUT2D eigenvalue weighted by Gasteiger charge is 2.35. The van der Waals surface area contributed by atoms with E-state index in [4.69, 9.17) is 6.42 Å². The zero-order valence-corrected chi connectivity index (χ0v) is 7.25. The van der Waals surface area contributed by atoms with Gasteiger partial charge in [0.2, 0.25) is 0 Å². The zero-order chi connectivity index (χ0) is 8.65. The van der Waals surface area contributed by atoms with Gasteiger partial charge in [-0.15, -0.1) is 6.42 Å². The van der Waals surface area contributed by atoms with E-state index in [0.717, 1.165) is 0 Å². The van der Waals surface area contributed by atoms with Gasteiger partial charge in [-0.3, -0.25) is 9.34 Å². The van der Waals surface area contributed by atoms with Gasteiger partial charge in [-0.2, -0.15) is 0 Å². The Morgan fingerprint density at radius 3 is 2.45 bits per heavy atom. The van der Waals surface area contributed by atoms with Crippen molar-refractivity contribution in [2.24, 2.45) is 0 Å². The minimum absolute atomic E-state index is 0.429. The molecule has 0 bridgehead atoms. The van der Waals surface area contributed by atoms with Gasteiger partial charge in [0.1, 0.15) is 5.70 Å². The second-order valence-corrected chi connectivity index (χ2v) is 4.53. The highest BCUT2D eigenvalue weighted by atomic mass is 31.2. The Kier molecular flexibility index (Phi) is 1.71. The molecule has 0 aromatic carbocycles. The Hall–Kier alpha value is -0.910. The topological polar surface area (TPSA) is 43.8 Å². The van der Waals surface area contributed by atoms with Crippen molar-refractivity contribution in [2.75, 3.05) is 14.1 Å². The summed E-state index contributed by atoms with van der Waals surface area (Å²) in [5.41, 5.74) is 0.429. The Labute approximate surface area is 65.7 Å². The van der Waals surface area contributed by atoms with Crippen LogP contribution in [0, 0.1) is 12.3 Å². The fraction of sp³-hybridized carbons (Fsp3) is 0.333. The molecule has 0 aromatic heterocycles. The zero-order valence-electron chi connectivity index (χ0n) is 6.35. The maximum absolute atomic E-state index is 11.3. The van der Waals surface area contributed by atoms with E-state index in [2.05, 4.69) is 5.92 Å². The quantitative estimate of drug-likeness (QED) is 0.425. The molecule has 11 heavy (non-hydrogen) atoms. The van der Waals surface area contributed by atoms with Crippen molar-refractivity contribution < 1.29 is 9.46 Å². The van der Waals surface area contributed by atoms with Crippen molar-refractivity contribution in [1.29, 1.82) is 0 Å². The molecule has 5 heteroatoms. The van der Waals surface area contributed by atoms with Crippen molar-refractivity contribution in [3.63, 3.8) is 0 Å². The molecule has 1 N–H and O–H groups in total. The first-order valence-corrected chi connectivity index (χ1v) is 4.55. The number of hydrogen-bond acceptors (Lipinski definition) is 1. The van der Waals surface area contributed by atoms with Gasteiger partial charge in [0, 0.05) is 20.3 Å². The summed E-state index contributed by atoms with van der Waals surface area (Å²) < 4.78 is 13.7. The first-order chi connectivity index (χ1) is 5.00. The van der Waals surface area contributed by atoms with Gasteiger partial charge in [0.05, 0.1) is 0 Å². The van der Waals surface area contributed by atoms with Gasteiger partial charge in [-0.1, -0.05) is 5.92 Å². The van der Waals surface area contributed by atoms with Crippen molar-refractivity contribution in [2.45, 2.75) is 0 Å². The van der Waals surface area contributed by atoms with Crippen LogP contribution in [0.2, 0.25) is 0 Å². The minimum atomic E-state index is -3.37. The van der Waals surface area contributed by atoms with Crippen LogP contribution < -0.4 is 0 Å². The molecule has 0 spiro atoms. The summed E-state index contributed by atoms with van der Waals surface area (Å²) >= 11 is 0. The second kappa shape index (κ2) is 2.30. The molecular weight excluding hydrogens is 163 g/mol. The predicted molar refractivity (Wildman–Crippen MR) is 42.3 cm³/mol. The lowest BCUT2D eigenvalue weighted by molar-refractivity contribution is 0.384. The molecule has 0 fully saturated rings. The highest BCUT2D eigenvalue weighted by molar-refractivity contribution is 7.53. The van der Waals surface area contributed by atoms with Crippen LogP contribution >= 0.6 is 7.67 Å². The van der Waals surface area contributed by atoms with Crippen molar-refractivity contribution in [3.05, 3.63) is 11.9 Å². The Morgan fingerprint density at radius 2 is 2.27 bits per heavy atom. The van der Waals surface area contributed by atoms with E-state index in [0.29, 0.717) is 5.70 Å². The first kappa shape index (κ1) is 8.19. The van der Waals surface area contributed by atoms with Crippen LogP contribution in [0.15, 0.2) is 11.9 Å². The minimum Gasteiger partial charge on any atom is -0.313 e. The normalized spacial score (nSPS) is 30.2. The SMILES string of the molecule is C#CC1=CN(C)P(=O)(O)N1C. The van der Waals surface area contributed by atoms with Gasteiger partial charge in [0.25, 0.3) is 0 Å². The molecule has 1 aliphatic heterocycles. The summed E-state index contributed by atoms with van der Waals surface area (Å²) in [5, 5.41) is 0. The molecule has 0 aromatic rings. The average molecular weight is 172 g/mol. The van der Waals surface area contributed by atoms with Gasteiger partial charge in [0.15, 0.2) is 0 Å². The molecule has 1 atom stereocenters. The van der Waals surface area contributed by atoms with E-state index in [1.807, 2.05) is 0 Å². The first-order valence-electron chi connectivity index (χ1n) is 2.99. The Balaban J connectivity index is 3.05. The number of rotatable bonds is 0. The fourth-order valence-electron chi connectivity index (χ4n) is 0.818. The molecule has 0 radical (unpaired) electrons. The van der Waals surface area contributed by atoms with E-state index in [1.54, 1.807) is 0 Å². The number of allylic oxidation sites excluding steroid dienone is 1. The molecule has 0 amide bonds. The van der Waals surface area contributed by atoms with Gasteiger partial charge < -0.3 is 4.89 Å². The van der Waals surface area contributed by atoms with Crippen LogP contribution in [0.4, 0.5) is 0 Å². The third kappa shape index (κ3) is 1.03. The van der Waals surface area contributed by atoms with E-state index < -0.39 is 7.67 Å². The maximum Gasteiger partial charge on any atom is 0.394 e. The van der Waals surface area contributed by atoms with E-state index in [1.165, 1.54) is 29.6 Å². The monoisotopic (exact) mass is 172 g/mol. The Bertz CT molecular complexity index is 291. The fourth-order valence-corrected chi connectivity index (χ4v) is 1.89. The van der Waals surface area contributed by atoms with E-state index >= 15 is 0 Å². The third-order valence-electron chi connectivity index (χ3n) is 1.61. The molecule has 1 unspecified atom stereocenters. The van der Waals surface area contributed by atoms with Gasteiger partial charge in [-0.25, -0.2) is 4.57 Å². The molecule has 1 rings (SSSR count). The summed E-state index contributed by atoms with van der Waals surface area (Å²) in [4.78, 5) is 9.29. The third-order valence-corrected chi connectivity index (χ3v) is 3.54. The highest BCUT2D eigenvalue weighted by Crippen LogP contribution is 2.53. The summed E-state index contributed by atoms with van der Waals surface area (Å²) in [6.45, 7) is 0. The van der Waals surface area contributed by atoms with Crippen LogP contribution in [0.25, 0.3) is 0 Å². The molecule has 1 aliphatic rings. The Morgan fingerprint density at radius 1 is 1.73 bits per heavy atom. The number of terminal acetylenes is 1. The predicted octanol–water partition coefficient (Wildman–Crippen LogP) is 0.439. The lowest BCUT2D eigenvalue weighted by atomic mass is 10.5. The van der Waals surface area contributed by atoms with Gasteiger partial charge in [-0.05, 0) is 0 Å². The number of nitrogens with zero attached hydrogens (tertiary/aromatic N) is 2. The van der Waals surface area contributed by atoms with Crippen molar-refractivity contribution in [3.8, 4) is 12.3 Å². The van der Waals surface area contributed by atoms with E-state index in [9.17, 15) is 9.46 Å². The molecule has 0 aliphatic carbocycles. The maximum atomic E-state index is 11.3. The summed E-state index contributed by atoms with van der Waals surface area (Å²) in [7, 11) is -0.355. The van der Waals surface area contributed by atoms with E-state index in [-0.39, 0.29) is 0 Å². The van der Waals surface area contributed by atoms with Gasteiger partial charge >= 0.3 is 7.67 Å². The summed E-state index contributed by atoms with van der Waals surface area (Å²) in [6, 6.07) is 0. The summed E-state index contributed by atoms with van der Waals surface area (Å²) in [5.74, 6) is 2.31. The summed E-state index contributed by atoms with van der Waals surface area (Å²) in [6.07, 6.45) is 6.56. The largest absolute Gasteiger partial charge is 0.394 e. The molecule has 1 heterocycles. The van der Waals surface area contributed by atoms with Crippen molar-refractivity contribution in [1.82, 2.24) is 9.34 Å².